The van der Waals surface area contributed by atoms with E-state index in [0.717, 1.165) is 6.42 Å². The van der Waals surface area contributed by atoms with Crippen LogP contribution in [0.25, 0.3) is 0 Å². The third-order valence-corrected chi connectivity index (χ3v) is 3.39. The van der Waals surface area contributed by atoms with Gasteiger partial charge in [-0.05, 0) is 12.8 Å². The molecule has 1 aliphatic rings. The number of thiazole rings is 1. The second-order valence-corrected chi connectivity index (χ2v) is 4.79. The number of nitrogens with zero attached hydrogens (tertiary/aromatic N) is 2. The Morgan fingerprint density at radius 3 is 3.06 bits per heavy atom. The van der Waals surface area contributed by atoms with E-state index < -0.39 is 11.9 Å². The van der Waals surface area contributed by atoms with Crippen molar-refractivity contribution in [1.29, 1.82) is 0 Å². The van der Waals surface area contributed by atoms with Crippen molar-refractivity contribution in [2.45, 2.75) is 12.8 Å². The van der Waals surface area contributed by atoms with Crippen molar-refractivity contribution >= 4 is 28.5 Å². The molecular formula is C10H13N3O3S. The standard InChI is InChI=1S/C10H13N3O3S/c14-8(15)7-2-1-4-13(6-7)10(16)12-9-11-3-5-17-9/h3,5,7H,1-2,4,6H2,(H,14,15)(H,11,12,16)/t7-/m1/s1. The van der Waals surface area contributed by atoms with Crippen molar-refractivity contribution in [2.24, 2.45) is 5.92 Å². The molecule has 2 amide bonds. The fourth-order valence-electron chi connectivity index (χ4n) is 1.82. The third-order valence-electron chi connectivity index (χ3n) is 2.70. The number of carbonyl (C=O) groups is 2. The summed E-state index contributed by atoms with van der Waals surface area (Å²) in [5.41, 5.74) is 0. The Hall–Kier alpha value is -1.63. The SMILES string of the molecule is O=C(O)[C@@H]1CCCN(C(=O)Nc2nccs2)C1. The predicted octanol–water partition coefficient (Wildman–Crippen LogP) is 1.47. The molecule has 7 heteroatoms. The average molecular weight is 255 g/mol. The zero-order valence-electron chi connectivity index (χ0n) is 9.13. The van der Waals surface area contributed by atoms with E-state index >= 15 is 0 Å². The van der Waals surface area contributed by atoms with E-state index in [0.29, 0.717) is 18.1 Å². The highest BCUT2D eigenvalue weighted by molar-refractivity contribution is 7.13. The van der Waals surface area contributed by atoms with Gasteiger partial charge in [-0.2, -0.15) is 0 Å². The molecule has 17 heavy (non-hydrogen) atoms. The van der Waals surface area contributed by atoms with Gasteiger partial charge in [-0.3, -0.25) is 10.1 Å². The third kappa shape index (κ3) is 2.94. The molecule has 1 atom stereocenters. The molecule has 2 rings (SSSR count). The number of anilines is 1. The number of hydrogen-bond donors (Lipinski definition) is 2. The molecule has 0 radical (unpaired) electrons. The number of rotatable bonds is 2. The predicted molar refractivity (Wildman–Crippen MR) is 63.1 cm³/mol. The fourth-order valence-corrected chi connectivity index (χ4v) is 2.34. The van der Waals surface area contributed by atoms with Crippen LogP contribution in [0.1, 0.15) is 12.8 Å². The van der Waals surface area contributed by atoms with Gasteiger partial charge in [0.1, 0.15) is 0 Å². The van der Waals surface area contributed by atoms with Crippen LogP contribution in [0.15, 0.2) is 11.6 Å². The summed E-state index contributed by atoms with van der Waals surface area (Å²) in [5, 5.41) is 13.9. The van der Waals surface area contributed by atoms with Crippen LogP contribution in [0.4, 0.5) is 9.93 Å². The second kappa shape index (κ2) is 5.13. The maximum atomic E-state index is 11.8. The van der Waals surface area contributed by atoms with Crippen LogP contribution in [0.3, 0.4) is 0 Å². The van der Waals surface area contributed by atoms with Gasteiger partial charge in [0.2, 0.25) is 0 Å². The van der Waals surface area contributed by atoms with Gasteiger partial charge in [-0.15, -0.1) is 11.3 Å². The minimum absolute atomic E-state index is 0.270. The smallest absolute Gasteiger partial charge is 0.323 e. The van der Waals surface area contributed by atoms with Gasteiger partial charge in [0.25, 0.3) is 0 Å². The number of carbonyl (C=O) groups excluding carboxylic acids is 1. The monoisotopic (exact) mass is 255 g/mol. The Bertz CT molecular complexity index is 407. The quantitative estimate of drug-likeness (QED) is 0.838. The van der Waals surface area contributed by atoms with Crippen molar-refractivity contribution in [3.8, 4) is 0 Å². The molecule has 1 aliphatic heterocycles. The number of aromatic nitrogens is 1. The fraction of sp³-hybridized carbons (Fsp3) is 0.500. The lowest BCUT2D eigenvalue weighted by molar-refractivity contribution is -0.143. The molecule has 1 aromatic heterocycles. The van der Waals surface area contributed by atoms with Crippen molar-refractivity contribution in [3.05, 3.63) is 11.6 Å². The molecule has 0 spiro atoms. The molecule has 92 valence electrons. The summed E-state index contributed by atoms with van der Waals surface area (Å²) in [7, 11) is 0. The minimum atomic E-state index is -0.836. The molecule has 2 heterocycles. The van der Waals surface area contributed by atoms with Crippen LogP contribution in [-0.4, -0.2) is 40.1 Å². The van der Waals surface area contributed by atoms with Crippen molar-refractivity contribution < 1.29 is 14.7 Å². The number of piperidine rings is 1. The summed E-state index contributed by atoms with van der Waals surface area (Å²) in [4.78, 5) is 28.2. The molecule has 0 bridgehead atoms. The van der Waals surface area contributed by atoms with Gasteiger partial charge in [0.15, 0.2) is 5.13 Å². The summed E-state index contributed by atoms with van der Waals surface area (Å²) in [6.07, 6.45) is 2.97. The van der Waals surface area contributed by atoms with Gasteiger partial charge in [0.05, 0.1) is 5.92 Å². The number of nitrogens with one attached hydrogen (secondary N) is 1. The highest BCUT2D eigenvalue weighted by Crippen LogP contribution is 2.18. The Kier molecular flexibility index (Phi) is 3.58. The van der Waals surface area contributed by atoms with E-state index in [-0.39, 0.29) is 12.6 Å². The van der Waals surface area contributed by atoms with Crippen LogP contribution in [0, 0.1) is 5.92 Å². The Balaban J connectivity index is 1.93. The van der Waals surface area contributed by atoms with E-state index in [1.54, 1.807) is 11.6 Å². The molecule has 1 saturated heterocycles. The molecule has 0 aliphatic carbocycles. The van der Waals surface area contributed by atoms with Crippen LogP contribution < -0.4 is 5.32 Å². The van der Waals surface area contributed by atoms with Crippen LogP contribution in [0.2, 0.25) is 0 Å². The Morgan fingerprint density at radius 1 is 1.59 bits per heavy atom. The highest BCUT2D eigenvalue weighted by atomic mass is 32.1. The molecular weight excluding hydrogens is 242 g/mol. The minimum Gasteiger partial charge on any atom is -0.481 e. The van der Waals surface area contributed by atoms with Crippen molar-refractivity contribution in [2.75, 3.05) is 18.4 Å². The van der Waals surface area contributed by atoms with Gasteiger partial charge < -0.3 is 10.0 Å². The maximum absolute atomic E-state index is 11.8. The van der Waals surface area contributed by atoms with Crippen molar-refractivity contribution in [1.82, 2.24) is 9.88 Å². The summed E-state index contributed by atoms with van der Waals surface area (Å²) in [6.45, 7) is 0.869. The van der Waals surface area contributed by atoms with Gasteiger partial charge in [-0.1, -0.05) is 0 Å². The topological polar surface area (TPSA) is 82.5 Å². The van der Waals surface area contributed by atoms with Crippen LogP contribution >= 0.6 is 11.3 Å². The highest BCUT2D eigenvalue weighted by Gasteiger charge is 2.28. The number of carboxylic acid groups (broad SMARTS) is 1. The molecule has 0 aromatic carbocycles. The van der Waals surface area contributed by atoms with Gasteiger partial charge >= 0.3 is 12.0 Å². The van der Waals surface area contributed by atoms with E-state index in [1.807, 2.05) is 0 Å². The van der Waals surface area contributed by atoms with E-state index in [2.05, 4.69) is 10.3 Å². The normalized spacial score (nSPS) is 20.0. The number of aliphatic carboxylic acids is 1. The summed E-state index contributed by atoms with van der Waals surface area (Å²) >= 11 is 1.34. The molecule has 6 nitrogen and oxygen atoms in total. The molecule has 1 fully saturated rings. The maximum Gasteiger partial charge on any atom is 0.323 e. The van der Waals surface area contributed by atoms with Crippen LogP contribution in [-0.2, 0) is 4.79 Å². The first-order valence-electron chi connectivity index (χ1n) is 5.35. The van der Waals surface area contributed by atoms with E-state index in [4.69, 9.17) is 5.11 Å². The number of hydrogen-bond acceptors (Lipinski definition) is 4. The lowest BCUT2D eigenvalue weighted by Crippen LogP contribution is -2.44. The van der Waals surface area contributed by atoms with Crippen molar-refractivity contribution in [3.63, 3.8) is 0 Å². The lowest BCUT2D eigenvalue weighted by atomic mass is 9.99. The van der Waals surface area contributed by atoms with E-state index in [1.165, 1.54) is 16.2 Å². The number of amides is 2. The number of likely N-dealkylation sites (tertiary alicyclic amines) is 1. The summed E-state index contributed by atoms with van der Waals surface area (Å²) in [6, 6.07) is -0.272. The first-order chi connectivity index (χ1) is 8.16. The molecule has 0 unspecified atom stereocenters. The average Bonchev–Trinajstić information content (AvgIpc) is 2.82. The first kappa shape index (κ1) is 11.8. The van der Waals surface area contributed by atoms with Gasteiger partial charge in [-0.25, -0.2) is 9.78 Å². The van der Waals surface area contributed by atoms with Crippen LogP contribution in [0.5, 0.6) is 0 Å². The molecule has 2 N–H and O–H groups in total. The van der Waals surface area contributed by atoms with Gasteiger partial charge in [0, 0.05) is 24.7 Å². The lowest BCUT2D eigenvalue weighted by Gasteiger charge is -2.30. The number of carboxylic acids is 1. The summed E-state index contributed by atoms with van der Waals surface area (Å²) in [5.74, 6) is -1.29. The molecule has 1 aromatic rings. The Labute approximate surface area is 102 Å². The first-order valence-corrected chi connectivity index (χ1v) is 6.23. The molecule has 0 saturated carbocycles. The largest absolute Gasteiger partial charge is 0.481 e. The zero-order chi connectivity index (χ0) is 12.3. The van der Waals surface area contributed by atoms with E-state index in [9.17, 15) is 9.59 Å². The second-order valence-electron chi connectivity index (χ2n) is 3.89. The Morgan fingerprint density at radius 2 is 2.41 bits per heavy atom. The number of urea groups is 1. The zero-order valence-corrected chi connectivity index (χ0v) is 9.94. The summed E-state index contributed by atoms with van der Waals surface area (Å²) < 4.78 is 0.